The van der Waals surface area contributed by atoms with Crippen LogP contribution in [0.25, 0.3) is 0 Å². The molecule has 12 atom stereocenters. The van der Waals surface area contributed by atoms with Crippen molar-refractivity contribution in [3.8, 4) is 0 Å². The lowest BCUT2D eigenvalue weighted by molar-refractivity contribution is -0.175. The number of Topliss-reactive ketones (excluding diaryl/α,β-unsaturated/α-hetero) is 1. The van der Waals surface area contributed by atoms with Crippen molar-refractivity contribution in [1.82, 2.24) is 4.90 Å². The number of aliphatic hydroxyl groups is 2. The molecule has 6 aliphatic rings. The van der Waals surface area contributed by atoms with Crippen LogP contribution in [0.15, 0.2) is 0 Å². The Morgan fingerprint density at radius 1 is 0.903 bits per heavy atom. The van der Waals surface area contributed by atoms with Gasteiger partial charge in [-0.3, -0.25) is 9.69 Å². The molecular formula is C27H43NO3. The quantitative estimate of drug-likeness (QED) is 0.613. The summed E-state index contributed by atoms with van der Waals surface area (Å²) >= 11 is 0. The Balaban J connectivity index is 1.31. The first-order valence-corrected chi connectivity index (χ1v) is 13.4. The van der Waals surface area contributed by atoms with Gasteiger partial charge in [0.05, 0.1) is 11.7 Å². The lowest BCUT2D eigenvalue weighted by Crippen LogP contribution is -2.67. The van der Waals surface area contributed by atoms with Crippen molar-refractivity contribution in [2.24, 2.45) is 52.8 Å². The molecule has 0 aromatic rings. The Hall–Kier alpha value is -0.450. The fraction of sp³-hybridized carbons (Fsp3) is 0.963. The standard InChI is InChI=1S/C27H43NO3/c1-15-4-7-25-27(3,31)21-6-5-17-18(20(21)14-28(25)13-15)11-22-19(17)12-24(30)23-10-16(29)8-9-26(22,23)2/h15-23,25,29,31H,4-14H2,1-3H3/t15-,16+,17-,18-,19+,20+,21+,22-,23-,25+,26-,27+/m1/s1. The molecule has 0 aromatic carbocycles. The number of fused-ring (bicyclic) bond motifs is 8. The van der Waals surface area contributed by atoms with Gasteiger partial charge in [0.2, 0.25) is 0 Å². The number of aliphatic hydroxyl groups excluding tert-OH is 1. The second-order valence-corrected chi connectivity index (χ2v) is 13.2. The van der Waals surface area contributed by atoms with Crippen LogP contribution in [0.4, 0.5) is 0 Å². The van der Waals surface area contributed by atoms with E-state index in [0.29, 0.717) is 53.8 Å². The van der Waals surface area contributed by atoms with E-state index in [-0.39, 0.29) is 17.4 Å². The van der Waals surface area contributed by atoms with Gasteiger partial charge in [-0.05, 0) is 105 Å². The second-order valence-electron chi connectivity index (χ2n) is 13.2. The summed E-state index contributed by atoms with van der Waals surface area (Å²) in [4.78, 5) is 15.9. The third-order valence-corrected chi connectivity index (χ3v) is 11.8. The van der Waals surface area contributed by atoms with Crippen LogP contribution in [0.1, 0.15) is 78.6 Å². The average Bonchev–Trinajstić information content (AvgIpc) is 3.09. The zero-order valence-corrected chi connectivity index (χ0v) is 19.8. The largest absolute Gasteiger partial charge is 0.393 e. The van der Waals surface area contributed by atoms with Gasteiger partial charge in [0.25, 0.3) is 0 Å². The minimum Gasteiger partial charge on any atom is -0.393 e. The maximum atomic E-state index is 13.2. The molecule has 0 bridgehead atoms. The lowest BCUT2D eigenvalue weighted by atomic mass is 9.51. The van der Waals surface area contributed by atoms with Crippen LogP contribution in [0.5, 0.6) is 0 Å². The highest BCUT2D eigenvalue weighted by molar-refractivity contribution is 5.83. The van der Waals surface area contributed by atoms with Crippen LogP contribution in [-0.2, 0) is 4.79 Å². The van der Waals surface area contributed by atoms with E-state index in [9.17, 15) is 15.0 Å². The van der Waals surface area contributed by atoms with Crippen LogP contribution >= 0.6 is 0 Å². The van der Waals surface area contributed by atoms with Crippen LogP contribution in [0.2, 0.25) is 0 Å². The predicted octanol–water partition coefficient (Wildman–Crippen LogP) is 3.89. The number of rotatable bonds is 0. The van der Waals surface area contributed by atoms with Gasteiger partial charge in [-0.2, -0.15) is 0 Å². The summed E-state index contributed by atoms with van der Waals surface area (Å²) in [7, 11) is 0. The summed E-state index contributed by atoms with van der Waals surface area (Å²) in [6, 6.07) is 0.341. The molecule has 4 saturated carbocycles. The average molecular weight is 430 g/mol. The van der Waals surface area contributed by atoms with Crippen molar-refractivity contribution in [1.29, 1.82) is 0 Å². The topological polar surface area (TPSA) is 60.8 Å². The molecule has 4 heteroatoms. The monoisotopic (exact) mass is 429 g/mol. The summed E-state index contributed by atoms with van der Waals surface area (Å²) in [5, 5.41) is 22.1. The molecule has 2 N–H and O–H groups in total. The number of ketones is 1. The molecule has 2 saturated heterocycles. The summed E-state index contributed by atoms with van der Waals surface area (Å²) in [6.45, 7) is 9.23. The Kier molecular flexibility index (Phi) is 4.78. The first kappa shape index (κ1) is 21.1. The smallest absolute Gasteiger partial charge is 0.136 e. The van der Waals surface area contributed by atoms with Gasteiger partial charge in [0, 0.05) is 31.5 Å². The van der Waals surface area contributed by atoms with Crippen molar-refractivity contribution in [3.05, 3.63) is 0 Å². The van der Waals surface area contributed by atoms with Gasteiger partial charge in [-0.25, -0.2) is 0 Å². The number of carbonyl (C=O) groups excluding carboxylic acids is 1. The highest BCUT2D eigenvalue weighted by Gasteiger charge is 2.64. The number of nitrogens with zero attached hydrogens (tertiary/aromatic N) is 1. The van der Waals surface area contributed by atoms with Crippen LogP contribution in [-0.4, -0.2) is 51.7 Å². The van der Waals surface area contributed by atoms with E-state index in [2.05, 4.69) is 25.7 Å². The summed E-state index contributed by atoms with van der Waals surface area (Å²) in [5.41, 5.74) is -0.482. The minimum atomic E-state index is -0.570. The van der Waals surface area contributed by atoms with Crippen molar-refractivity contribution in [2.75, 3.05) is 13.1 Å². The van der Waals surface area contributed by atoms with Gasteiger partial charge in [-0.15, -0.1) is 0 Å². The number of hydrogen-bond donors (Lipinski definition) is 2. The third kappa shape index (κ3) is 2.93. The first-order chi connectivity index (χ1) is 14.7. The molecule has 174 valence electrons. The number of carbonyl (C=O) groups is 1. The predicted molar refractivity (Wildman–Crippen MR) is 120 cm³/mol. The van der Waals surface area contributed by atoms with Crippen molar-refractivity contribution < 1.29 is 15.0 Å². The summed E-state index contributed by atoms with van der Waals surface area (Å²) in [5.74, 6) is 4.82. The van der Waals surface area contributed by atoms with Crippen LogP contribution in [0.3, 0.4) is 0 Å². The molecule has 2 aliphatic heterocycles. The van der Waals surface area contributed by atoms with Crippen LogP contribution < -0.4 is 0 Å². The second kappa shape index (κ2) is 7.03. The molecule has 0 unspecified atom stereocenters. The first-order valence-electron chi connectivity index (χ1n) is 13.4. The molecule has 31 heavy (non-hydrogen) atoms. The van der Waals surface area contributed by atoms with Gasteiger partial charge in [-0.1, -0.05) is 13.8 Å². The lowest BCUT2D eigenvalue weighted by Gasteiger charge is -2.59. The van der Waals surface area contributed by atoms with E-state index in [1.807, 2.05) is 0 Å². The van der Waals surface area contributed by atoms with Crippen molar-refractivity contribution >= 4 is 5.78 Å². The van der Waals surface area contributed by atoms with E-state index >= 15 is 0 Å². The zero-order valence-electron chi connectivity index (χ0n) is 19.8. The van der Waals surface area contributed by atoms with E-state index in [1.165, 1.54) is 25.8 Å². The number of hydrogen-bond acceptors (Lipinski definition) is 4. The molecule has 6 rings (SSSR count). The fourth-order valence-electron chi connectivity index (χ4n) is 10.4. The van der Waals surface area contributed by atoms with E-state index in [4.69, 9.17) is 0 Å². The zero-order chi connectivity index (χ0) is 21.7. The third-order valence-electron chi connectivity index (χ3n) is 11.8. The van der Waals surface area contributed by atoms with E-state index in [1.54, 1.807) is 0 Å². The van der Waals surface area contributed by atoms with Gasteiger partial charge in [0.1, 0.15) is 5.78 Å². The maximum absolute atomic E-state index is 13.2. The summed E-state index contributed by atoms with van der Waals surface area (Å²) in [6.07, 6.45) is 9.08. The Morgan fingerprint density at radius 2 is 1.71 bits per heavy atom. The van der Waals surface area contributed by atoms with Gasteiger partial charge < -0.3 is 10.2 Å². The molecule has 2 heterocycles. The minimum absolute atomic E-state index is 0.0789. The Labute approximate surface area is 188 Å². The molecule has 4 nitrogen and oxygen atoms in total. The van der Waals surface area contributed by atoms with Crippen molar-refractivity contribution in [3.63, 3.8) is 0 Å². The van der Waals surface area contributed by atoms with Gasteiger partial charge >= 0.3 is 0 Å². The van der Waals surface area contributed by atoms with E-state index in [0.717, 1.165) is 44.6 Å². The molecule has 0 radical (unpaired) electrons. The molecule has 0 spiro atoms. The van der Waals surface area contributed by atoms with Gasteiger partial charge in [0.15, 0.2) is 0 Å². The Morgan fingerprint density at radius 3 is 2.52 bits per heavy atom. The molecule has 0 amide bonds. The maximum Gasteiger partial charge on any atom is 0.136 e. The highest BCUT2D eigenvalue weighted by atomic mass is 16.3. The molecular weight excluding hydrogens is 386 g/mol. The van der Waals surface area contributed by atoms with Crippen molar-refractivity contribution in [2.45, 2.75) is 96.3 Å². The number of piperidine rings is 2. The molecule has 6 fully saturated rings. The normalized spacial score (nSPS) is 59.2. The Bertz CT molecular complexity index is 751. The SMILES string of the molecule is C[C@@H]1CC[C@@H]2N(C1)C[C@H]1[C@@H]3C[C@@H]4[C@@H](CC(=O)[C@H]5C[C@@H](O)CC[C@@]54C)[C@@H]3CC[C@@H]1[C@]2(C)O. The summed E-state index contributed by atoms with van der Waals surface area (Å²) < 4.78 is 0. The molecule has 4 aliphatic carbocycles. The highest BCUT2D eigenvalue weighted by Crippen LogP contribution is 2.66. The fourth-order valence-corrected chi connectivity index (χ4v) is 10.4. The van der Waals surface area contributed by atoms with Crippen LogP contribution in [0, 0.1) is 52.8 Å². The van der Waals surface area contributed by atoms with E-state index < -0.39 is 5.60 Å². The molecule has 0 aromatic heterocycles.